The molecule has 1 nitrogen and oxygen atoms in total. The van der Waals surface area contributed by atoms with Crippen molar-refractivity contribution in [3.8, 4) is 0 Å². The zero-order valence-corrected chi connectivity index (χ0v) is 9.97. The molecule has 0 spiro atoms. The summed E-state index contributed by atoms with van der Waals surface area (Å²) in [7, 11) is 0. The van der Waals surface area contributed by atoms with E-state index in [1.165, 1.54) is 11.1 Å². The van der Waals surface area contributed by atoms with Gasteiger partial charge in [-0.2, -0.15) is 11.8 Å². The summed E-state index contributed by atoms with van der Waals surface area (Å²) in [6, 6.07) is 8.72. The molecule has 0 amide bonds. The number of hydrogen-bond donors (Lipinski definition) is 1. The fourth-order valence-electron chi connectivity index (χ4n) is 1.61. The van der Waals surface area contributed by atoms with Gasteiger partial charge in [0.15, 0.2) is 0 Å². The fraction of sp³-hybridized carbons (Fsp3) is 0.500. The van der Waals surface area contributed by atoms with Crippen LogP contribution in [0.2, 0.25) is 0 Å². The first-order valence-electron chi connectivity index (χ1n) is 5.09. The van der Waals surface area contributed by atoms with Gasteiger partial charge in [-0.05, 0) is 30.7 Å². The molecular formula is C12H19NS. The van der Waals surface area contributed by atoms with Crippen LogP contribution in [0.5, 0.6) is 0 Å². The first-order valence-corrected chi connectivity index (χ1v) is 6.14. The standard InChI is InChI=1S/C12H19NS/c1-4-14-12(10(3)13)11-8-6-5-7-9(11)2/h5-8,10,12H,4,13H2,1-3H3. The van der Waals surface area contributed by atoms with Crippen LogP contribution in [-0.2, 0) is 0 Å². The average Bonchev–Trinajstić information content (AvgIpc) is 2.15. The monoisotopic (exact) mass is 209 g/mol. The summed E-state index contributed by atoms with van der Waals surface area (Å²) >= 11 is 1.93. The number of rotatable bonds is 4. The van der Waals surface area contributed by atoms with E-state index in [0.29, 0.717) is 5.25 Å². The van der Waals surface area contributed by atoms with Crippen LogP contribution in [0.15, 0.2) is 24.3 Å². The lowest BCUT2D eigenvalue weighted by Gasteiger charge is -2.21. The lowest BCUT2D eigenvalue weighted by Crippen LogP contribution is -2.23. The molecule has 0 aliphatic heterocycles. The quantitative estimate of drug-likeness (QED) is 0.824. The predicted molar refractivity (Wildman–Crippen MR) is 65.7 cm³/mol. The molecule has 0 aliphatic rings. The van der Waals surface area contributed by atoms with E-state index in [0.717, 1.165) is 5.75 Å². The van der Waals surface area contributed by atoms with Crippen LogP contribution in [-0.4, -0.2) is 11.8 Å². The lowest BCUT2D eigenvalue weighted by atomic mass is 10.0. The fourth-order valence-corrected chi connectivity index (χ4v) is 2.72. The highest BCUT2D eigenvalue weighted by atomic mass is 32.2. The van der Waals surface area contributed by atoms with E-state index in [1.54, 1.807) is 0 Å². The number of benzene rings is 1. The molecule has 1 aromatic rings. The molecular weight excluding hydrogens is 190 g/mol. The molecule has 1 aromatic carbocycles. The molecule has 0 saturated carbocycles. The van der Waals surface area contributed by atoms with Gasteiger partial charge in [0.05, 0.1) is 0 Å². The Morgan fingerprint density at radius 3 is 2.50 bits per heavy atom. The predicted octanol–water partition coefficient (Wildman–Crippen LogP) is 3.14. The van der Waals surface area contributed by atoms with Gasteiger partial charge in [0.1, 0.15) is 0 Å². The van der Waals surface area contributed by atoms with E-state index >= 15 is 0 Å². The molecule has 0 fully saturated rings. The highest BCUT2D eigenvalue weighted by Crippen LogP contribution is 2.32. The van der Waals surface area contributed by atoms with Gasteiger partial charge in [0, 0.05) is 11.3 Å². The minimum atomic E-state index is 0.209. The Bertz CT molecular complexity index is 283. The molecule has 0 aliphatic carbocycles. The van der Waals surface area contributed by atoms with Gasteiger partial charge < -0.3 is 5.73 Å². The third-order valence-corrected chi connectivity index (χ3v) is 3.69. The summed E-state index contributed by atoms with van der Waals surface area (Å²) in [6.07, 6.45) is 0. The average molecular weight is 209 g/mol. The maximum absolute atomic E-state index is 6.00. The zero-order chi connectivity index (χ0) is 10.6. The lowest BCUT2D eigenvalue weighted by molar-refractivity contribution is 0.718. The van der Waals surface area contributed by atoms with E-state index in [-0.39, 0.29) is 6.04 Å². The Balaban J connectivity index is 2.93. The molecule has 2 N–H and O–H groups in total. The number of thioether (sulfide) groups is 1. The Morgan fingerprint density at radius 1 is 1.36 bits per heavy atom. The minimum Gasteiger partial charge on any atom is -0.327 e. The zero-order valence-electron chi connectivity index (χ0n) is 9.16. The third-order valence-electron chi connectivity index (χ3n) is 2.32. The summed E-state index contributed by atoms with van der Waals surface area (Å²) in [4.78, 5) is 0. The van der Waals surface area contributed by atoms with Crippen molar-refractivity contribution in [1.29, 1.82) is 0 Å². The summed E-state index contributed by atoms with van der Waals surface area (Å²) in [5, 5.41) is 0.432. The molecule has 1 rings (SSSR count). The van der Waals surface area contributed by atoms with E-state index in [4.69, 9.17) is 5.73 Å². The Hall–Kier alpha value is -0.470. The van der Waals surface area contributed by atoms with E-state index in [1.807, 2.05) is 11.8 Å². The first kappa shape index (κ1) is 11.6. The van der Waals surface area contributed by atoms with Crippen LogP contribution in [0.4, 0.5) is 0 Å². The van der Waals surface area contributed by atoms with E-state index in [9.17, 15) is 0 Å². The van der Waals surface area contributed by atoms with Gasteiger partial charge in [-0.15, -0.1) is 0 Å². The second-order valence-electron chi connectivity index (χ2n) is 3.59. The van der Waals surface area contributed by atoms with Crippen LogP contribution in [0, 0.1) is 6.92 Å². The van der Waals surface area contributed by atoms with Crippen LogP contribution in [0.3, 0.4) is 0 Å². The normalized spacial score (nSPS) is 15.1. The first-order chi connectivity index (χ1) is 6.66. The molecule has 0 radical (unpaired) electrons. The summed E-state index contributed by atoms with van der Waals surface area (Å²) < 4.78 is 0. The highest BCUT2D eigenvalue weighted by Gasteiger charge is 2.17. The third kappa shape index (κ3) is 2.76. The van der Waals surface area contributed by atoms with Crippen molar-refractivity contribution in [3.05, 3.63) is 35.4 Å². The molecule has 0 heterocycles. The maximum atomic E-state index is 6.00. The van der Waals surface area contributed by atoms with Gasteiger partial charge in [-0.25, -0.2) is 0 Å². The topological polar surface area (TPSA) is 26.0 Å². The van der Waals surface area contributed by atoms with E-state index in [2.05, 4.69) is 45.0 Å². The van der Waals surface area contributed by atoms with Crippen molar-refractivity contribution in [2.75, 3.05) is 5.75 Å². The highest BCUT2D eigenvalue weighted by molar-refractivity contribution is 7.99. The maximum Gasteiger partial charge on any atom is 0.0448 e. The van der Waals surface area contributed by atoms with Gasteiger partial charge >= 0.3 is 0 Å². The number of hydrogen-bond acceptors (Lipinski definition) is 2. The Morgan fingerprint density at radius 2 is 2.00 bits per heavy atom. The van der Waals surface area contributed by atoms with Crippen LogP contribution in [0.1, 0.15) is 30.2 Å². The van der Waals surface area contributed by atoms with Gasteiger partial charge in [-0.1, -0.05) is 31.2 Å². The van der Waals surface area contributed by atoms with Crippen molar-refractivity contribution < 1.29 is 0 Å². The van der Waals surface area contributed by atoms with Crippen molar-refractivity contribution in [2.45, 2.75) is 32.1 Å². The molecule has 2 unspecified atom stereocenters. The largest absolute Gasteiger partial charge is 0.327 e. The summed E-state index contributed by atoms with van der Waals surface area (Å²) in [5.74, 6) is 1.11. The molecule has 0 bridgehead atoms. The molecule has 78 valence electrons. The van der Waals surface area contributed by atoms with Crippen molar-refractivity contribution in [2.24, 2.45) is 5.73 Å². The number of aryl methyl sites for hydroxylation is 1. The second-order valence-corrected chi connectivity index (χ2v) is 5.01. The van der Waals surface area contributed by atoms with Crippen LogP contribution < -0.4 is 5.73 Å². The van der Waals surface area contributed by atoms with Crippen LogP contribution in [0.25, 0.3) is 0 Å². The smallest absolute Gasteiger partial charge is 0.0448 e. The van der Waals surface area contributed by atoms with Crippen LogP contribution >= 0.6 is 11.8 Å². The summed E-state index contributed by atoms with van der Waals surface area (Å²) in [5.41, 5.74) is 8.73. The minimum absolute atomic E-state index is 0.209. The van der Waals surface area contributed by atoms with E-state index < -0.39 is 0 Å². The molecule has 0 aromatic heterocycles. The van der Waals surface area contributed by atoms with Crippen molar-refractivity contribution in [1.82, 2.24) is 0 Å². The van der Waals surface area contributed by atoms with Crippen molar-refractivity contribution >= 4 is 11.8 Å². The van der Waals surface area contributed by atoms with Gasteiger partial charge in [0.25, 0.3) is 0 Å². The van der Waals surface area contributed by atoms with Gasteiger partial charge in [0.2, 0.25) is 0 Å². The second kappa shape index (κ2) is 5.42. The molecule has 2 heteroatoms. The SMILES string of the molecule is CCSC(c1ccccc1C)C(C)N. The number of nitrogens with two attached hydrogens (primary N) is 1. The molecule has 2 atom stereocenters. The summed E-state index contributed by atoms with van der Waals surface area (Å²) in [6.45, 7) is 6.42. The van der Waals surface area contributed by atoms with Gasteiger partial charge in [-0.3, -0.25) is 0 Å². The molecule has 0 saturated heterocycles. The van der Waals surface area contributed by atoms with Crippen molar-refractivity contribution in [3.63, 3.8) is 0 Å². The Kier molecular flexibility index (Phi) is 4.49. The molecule has 14 heavy (non-hydrogen) atoms. The Labute approximate surface area is 91.1 Å².